The first-order valence-electron chi connectivity index (χ1n) is 8.15. The summed E-state index contributed by atoms with van der Waals surface area (Å²) in [7, 11) is -3.44. The van der Waals surface area contributed by atoms with Gasteiger partial charge >= 0.3 is 0 Å². The fraction of sp³-hybridized carbons (Fsp3) is 0.333. The Hall–Kier alpha value is -2.43. The number of nitrogens with one attached hydrogen (secondary N) is 1. The minimum atomic E-state index is -3.44. The van der Waals surface area contributed by atoms with E-state index in [0.717, 1.165) is 5.56 Å². The second kappa shape index (κ2) is 8.10. The van der Waals surface area contributed by atoms with Crippen LogP contribution in [0.3, 0.4) is 0 Å². The molecule has 6 nitrogen and oxygen atoms in total. The van der Waals surface area contributed by atoms with Gasteiger partial charge in [0.15, 0.2) is 0 Å². The van der Waals surface area contributed by atoms with Gasteiger partial charge in [-0.3, -0.25) is 0 Å². The van der Waals surface area contributed by atoms with E-state index in [0.29, 0.717) is 29.4 Å². The zero-order valence-electron chi connectivity index (χ0n) is 14.6. The summed E-state index contributed by atoms with van der Waals surface area (Å²) in [6.07, 6.45) is 1.51. The smallest absolute Gasteiger partial charge is 0.243 e. The van der Waals surface area contributed by atoms with Gasteiger partial charge in [-0.15, -0.1) is 0 Å². The molecule has 1 atom stereocenters. The Morgan fingerprint density at radius 3 is 2.28 bits per heavy atom. The maximum absolute atomic E-state index is 12.5. The lowest BCUT2D eigenvalue weighted by Gasteiger charge is -2.19. The first-order chi connectivity index (χ1) is 11.9. The number of nitrogens with zero attached hydrogens (tertiary/aromatic N) is 3. The Morgan fingerprint density at radius 1 is 1.16 bits per heavy atom. The fourth-order valence-corrected chi connectivity index (χ4v) is 3.95. The summed E-state index contributed by atoms with van der Waals surface area (Å²) in [5, 5.41) is 12.0. The van der Waals surface area contributed by atoms with Crippen molar-refractivity contribution < 1.29 is 8.42 Å². The van der Waals surface area contributed by atoms with E-state index in [1.54, 1.807) is 36.4 Å². The SMILES string of the molecule is CCN(CC)S(=O)(=O)c1ccc([C@H](C)Nc2ccc(C#N)cn2)cc1. The normalized spacial score (nSPS) is 12.6. The molecule has 0 saturated carbocycles. The van der Waals surface area contributed by atoms with Crippen molar-refractivity contribution in [1.29, 1.82) is 5.26 Å². The van der Waals surface area contributed by atoms with Gasteiger partial charge in [0.1, 0.15) is 11.9 Å². The molecule has 1 N–H and O–H groups in total. The Kier molecular flexibility index (Phi) is 6.12. The standard InChI is InChI=1S/C18H22N4O2S/c1-4-22(5-2)25(23,24)17-9-7-16(8-10-17)14(3)21-18-11-6-15(12-19)13-20-18/h6-11,13-14H,4-5H2,1-3H3,(H,20,21)/t14-/m0/s1. The molecule has 25 heavy (non-hydrogen) atoms. The number of hydrogen-bond donors (Lipinski definition) is 1. The third-order valence-electron chi connectivity index (χ3n) is 3.98. The highest BCUT2D eigenvalue weighted by atomic mass is 32.2. The third-order valence-corrected chi connectivity index (χ3v) is 6.04. The average Bonchev–Trinajstić information content (AvgIpc) is 2.63. The van der Waals surface area contributed by atoms with Crippen molar-refractivity contribution in [3.63, 3.8) is 0 Å². The summed E-state index contributed by atoms with van der Waals surface area (Å²) >= 11 is 0. The van der Waals surface area contributed by atoms with Gasteiger partial charge in [-0.25, -0.2) is 13.4 Å². The number of hydrogen-bond acceptors (Lipinski definition) is 5. The lowest BCUT2D eigenvalue weighted by atomic mass is 10.1. The van der Waals surface area contributed by atoms with Crippen LogP contribution in [0.5, 0.6) is 0 Å². The highest BCUT2D eigenvalue weighted by molar-refractivity contribution is 7.89. The molecule has 0 amide bonds. The van der Waals surface area contributed by atoms with E-state index in [4.69, 9.17) is 5.26 Å². The first-order valence-corrected chi connectivity index (χ1v) is 9.59. The molecular formula is C18H22N4O2S. The van der Waals surface area contributed by atoms with Gasteiger partial charge < -0.3 is 5.32 Å². The van der Waals surface area contributed by atoms with Crippen molar-refractivity contribution in [1.82, 2.24) is 9.29 Å². The number of aromatic nitrogens is 1. The van der Waals surface area contributed by atoms with Crippen LogP contribution in [0.2, 0.25) is 0 Å². The van der Waals surface area contributed by atoms with Crippen molar-refractivity contribution >= 4 is 15.8 Å². The predicted octanol–water partition coefficient (Wildman–Crippen LogP) is 3.16. The van der Waals surface area contributed by atoms with Gasteiger partial charge in [-0.05, 0) is 36.8 Å². The molecule has 1 aromatic carbocycles. The molecule has 2 rings (SSSR count). The van der Waals surface area contributed by atoms with Crippen LogP contribution in [0, 0.1) is 11.3 Å². The monoisotopic (exact) mass is 358 g/mol. The van der Waals surface area contributed by atoms with Gasteiger partial charge in [-0.1, -0.05) is 26.0 Å². The second-order valence-corrected chi connectivity index (χ2v) is 7.51. The Balaban J connectivity index is 2.14. The van der Waals surface area contributed by atoms with Crippen molar-refractivity contribution in [2.24, 2.45) is 0 Å². The first kappa shape index (κ1) is 18.9. The van der Waals surface area contributed by atoms with Crippen LogP contribution in [-0.2, 0) is 10.0 Å². The highest BCUT2D eigenvalue weighted by Gasteiger charge is 2.21. The molecule has 0 unspecified atom stereocenters. The molecule has 7 heteroatoms. The van der Waals surface area contributed by atoms with E-state index < -0.39 is 10.0 Å². The summed E-state index contributed by atoms with van der Waals surface area (Å²) in [5.74, 6) is 0.659. The van der Waals surface area contributed by atoms with E-state index in [1.807, 2.05) is 26.8 Å². The fourth-order valence-electron chi connectivity index (χ4n) is 2.49. The molecular weight excluding hydrogens is 336 g/mol. The summed E-state index contributed by atoms with van der Waals surface area (Å²) < 4.78 is 26.4. The van der Waals surface area contributed by atoms with Crippen LogP contribution in [-0.4, -0.2) is 30.8 Å². The van der Waals surface area contributed by atoms with Crippen LogP contribution in [0.25, 0.3) is 0 Å². The molecule has 0 aliphatic carbocycles. The molecule has 0 saturated heterocycles. The molecule has 0 fully saturated rings. The van der Waals surface area contributed by atoms with Gasteiger partial charge in [-0.2, -0.15) is 9.57 Å². The lowest BCUT2D eigenvalue weighted by Crippen LogP contribution is -2.30. The summed E-state index contributed by atoms with van der Waals surface area (Å²) in [6.45, 7) is 6.51. The van der Waals surface area contributed by atoms with Crippen LogP contribution >= 0.6 is 0 Å². The molecule has 0 aliphatic rings. The van der Waals surface area contributed by atoms with E-state index in [1.165, 1.54) is 10.5 Å². The van der Waals surface area contributed by atoms with Crippen LogP contribution in [0.15, 0.2) is 47.5 Å². The minimum Gasteiger partial charge on any atom is -0.364 e. The maximum atomic E-state index is 12.5. The summed E-state index contributed by atoms with van der Waals surface area (Å²) in [4.78, 5) is 4.48. The zero-order chi connectivity index (χ0) is 18.4. The van der Waals surface area contributed by atoms with Crippen molar-refractivity contribution in [2.45, 2.75) is 31.7 Å². The largest absolute Gasteiger partial charge is 0.364 e. The van der Waals surface area contributed by atoms with Gasteiger partial charge in [0.2, 0.25) is 10.0 Å². The molecule has 2 aromatic rings. The van der Waals surface area contributed by atoms with E-state index >= 15 is 0 Å². The minimum absolute atomic E-state index is 0.0503. The number of pyridine rings is 1. The molecule has 1 aromatic heterocycles. The molecule has 1 heterocycles. The average molecular weight is 358 g/mol. The van der Waals surface area contributed by atoms with Crippen LogP contribution in [0.4, 0.5) is 5.82 Å². The van der Waals surface area contributed by atoms with Crippen LogP contribution < -0.4 is 5.32 Å². The van der Waals surface area contributed by atoms with Gasteiger partial charge in [0.25, 0.3) is 0 Å². The zero-order valence-corrected chi connectivity index (χ0v) is 15.4. The molecule has 0 aliphatic heterocycles. The number of nitriles is 1. The summed E-state index contributed by atoms with van der Waals surface area (Å²) in [6, 6.07) is 12.3. The third kappa shape index (κ3) is 4.35. The van der Waals surface area contributed by atoms with Crippen molar-refractivity contribution in [3.8, 4) is 6.07 Å². The topological polar surface area (TPSA) is 86.1 Å². The summed E-state index contributed by atoms with van der Waals surface area (Å²) in [5.41, 5.74) is 1.45. The van der Waals surface area contributed by atoms with E-state index in [2.05, 4.69) is 10.3 Å². The highest BCUT2D eigenvalue weighted by Crippen LogP contribution is 2.21. The Bertz CT molecular complexity index is 836. The van der Waals surface area contributed by atoms with Crippen molar-refractivity contribution in [2.75, 3.05) is 18.4 Å². The number of anilines is 1. The number of benzene rings is 1. The van der Waals surface area contributed by atoms with E-state index in [9.17, 15) is 8.42 Å². The number of rotatable bonds is 7. The maximum Gasteiger partial charge on any atom is 0.243 e. The molecule has 0 spiro atoms. The van der Waals surface area contributed by atoms with E-state index in [-0.39, 0.29) is 6.04 Å². The number of sulfonamides is 1. The van der Waals surface area contributed by atoms with Gasteiger partial charge in [0.05, 0.1) is 10.5 Å². The molecule has 0 radical (unpaired) electrons. The van der Waals surface area contributed by atoms with Gasteiger partial charge in [0, 0.05) is 25.3 Å². The molecule has 132 valence electrons. The Labute approximate surface area is 149 Å². The lowest BCUT2D eigenvalue weighted by molar-refractivity contribution is 0.445. The predicted molar refractivity (Wildman–Crippen MR) is 97.5 cm³/mol. The Morgan fingerprint density at radius 2 is 1.80 bits per heavy atom. The van der Waals surface area contributed by atoms with Crippen molar-refractivity contribution in [3.05, 3.63) is 53.7 Å². The second-order valence-electron chi connectivity index (χ2n) is 5.57. The van der Waals surface area contributed by atoms with Crippen LogP contribution in [0.1, 0.15) is 37.9 Å². The quantitative estimate of drug-likeness (QED) is 0.821. The molecule has 0 bridgehead atoms.